The van der Waals surface area contributed by atoms with Crippen LogP contribution in [0.4, 0.5) is 0 Å². The van der Waals surface area contributed by atoms with Gasteiger partial charge >= 0.3 is 0 Å². The summed E-state index contributed by atoms with van der Waals surface area (Å²) in [4.78, 5) is 13.2. The van der Waals surface area contributed by atoms with Crippen molar-refractivity contribution >= 4 is 5.78 Å². The Morgan fingerprint density at radius 2 is 1.58 bits per heavy atom. The Kier molecular flexibility index (Phi) is 5.24. The van der Waals surface area contributed by atoms with Crippen molar-refractivity contribution < 1.29 is 15.0 Å². The van der Waals surface area contributed by atoms with E-state index in [0.29, 0.717) is 30.0 Å². The minimum atomic E-state index is -0.290. The predicted octanol–water partition coefficient (Wildman–Crippen LogP) is 6.32. The molecule has 3 heteroatoms. The molecule has 2 N–H and O–H groups in total. The van der Waals surface area contributed by atoms with Gasteiger partial charge in [0, 0.05) is 11.8 Å². The largest absolute Gasteiger partial charge is 0.395 e. The number of rotatable bonds is 2. The number of carbonyl (C=O) groups excluding carboxylic acids is 1. The number of Topliss-reactive ketones (excluding diaryl/α,β-unsaturated/α-hetero) is 1. The first-order chi connectivity index (χ1) is 15.3. The molecule has 0 spiro atoms. The van der Waals surface area contributed by atoms with Gasteiger partial charge in [0.05, 0.1) is 12.7 Å². The van der Waals surface area contributed by atoms with Gasteiger partial charge in [-0.15, -0.1) is 0 Å². The molecule has 4 saturated carbocycles. The zero-order valence-electron chi connectivity index (χ0n) is 22.3. The zero-order valence-corrected chi connectivity index (χ0v) is 22.3. The maximum Gasteiger partial charge on any atom is 0.160 e. The molecule has 5 aliphatic rings. The normalized spacial score (nSPS) is 51.2. The lowest BCUT2D eigenvalue weighted by atomic mass is 9.33. The van der Waals surface area contributed by atoms with Gasteiger partial charge in [-0.3, -0.25) is 4.79 Å². The van der Waals surface area contributed by atoms with Gasteiger partial charge < -0.3 is 10.2 Å². The topological polar surface area (TPSA) is 57.5 Å². The Labute approximate surface area is 201 Å². The van der Waals surface area contributed by atoms with E-state index in [1.165, 1.54) is 24.8 Å². The summed E-state index contributed by atoms with van der Waals surface area (Å²) in [6, 6.07) is 0. The van der Waals surface area contributed by atoms with E-state index in [9.17, 15) is 15.0 Å². The zero-order chi connectivity index (χ0) is 24.2. The molecule has 0 saturated heterocycles. The molecule has 0 amide bonds. The summed E-state index contributed by atoms with van der Waals surface area (Å²) in [7, 11) is 0. The molecule has 0 radical (unpaired) electrons. The van der Waals surface area contributed by atoms with Crippen molar-refractivity contribution in [3.8, 4) is 0 Å². The van der Waals surface area contributed by atoms with Crippen molar-refractivity contribution in [1.82, 2.24) is 0 Å². The van der Waals surface area contributed by atoms with E-state index in [2.05, 4.69) is 48.5 Å². The average Bonchev–Trinajstić information content (AvgIpc) is 3.04. The maximum absolute atomic E-state index is 13.2. The van der Waals surface area contributed by atoms with Crippen molar-refractivity contribution in [2.75, 3.05) is 6.61 Å². The first kappa shape index (κ1) is 24.0. The van der Waals surface area contributed by atoms with Gasteiger partial charge in [0.2, 0.25) is 0 Å². The summed E-state index contributed by atoms with van der Waals surface area (Å²) in [5.74, 6) is 2.21. The van der Waals surface area contributed by atoms with Gasteiger partial charge in [-0.2, -0.15) is 0 Å². The summed E-state index contributed by atoms with van der Waals surface area (Å²) >= 11 is 0. The van der Waals surface area contributed by atoms with Crippen LogP contribution in [0.5, 0.6) is 0 Å². The van der Waals surface area contributed by atoms with Crippen LogP contribution in [0, 0.1) is 50.7 Å². The highest BCUT2D eigenvalue weighted by molar-refractivity contribution is 6.00. The van der Waals surface area contributed by atoms with Crippen molar-refractivity contribution in [3.05, 3.63) is 11.1 Å². The van der Waals surface area contributed by atoms with Crippen molar-refractivity contribution in [1.29, 1.82) is 0 Å². The summed E-state index contributed by atoms with van der Waals surface area (Å²) in [5, 5.41) is 21.5. The molecule has 8 atom stereocenters. The minimum Gasteiger partial charge on any atom is -0.395 e. The second-order valence-electron chi connectivity index (χ2n) is 14.5. The fraction of sp³-hybridized carbons (Fsp3) is 0.900. The highest BCUT2D eigenvalue weighted by Gasteiger charge is 2.69. The molecule has 0 aliphatic heterocycles. The van der Waals surface area contributed by atoms with Crippen LogP contribution >= 0.6 is 0 Å². The van der Waals surface area contributed by atoms with Crippen molar-refractivity contribution in [2.24, 2.45) is 50.7 Å². The number of aliphatic hydroxyl groups excluding tert-OH is 2. The summed E-state index contributed by atoms with van der Waals surface area (Å²) in [6.07, 6.45) is 9.31. The van der Waals surface area contributed by atoms with Gasteiger partial charge in [0.15, 0.2) is 5.78 Å². The summed E-state index contributed by atoms with van der Waals surface area (Å²) in [5.41, 5.74) is 2.83. The van der Waals surface area contributed by atoms with E-state index in [0.717, 1.165) is 37.7 Å². The van der Waals surface area contributed by atoms with Crippen LogP contribution in [0.25, 0.3) is 0 Å². The lowest BCUT2D eigenvalue weighted by Crippen LogP contribution is -2.65. The fourth-order valence-corrected chi connectivity index (χ4v) is 10.9. The molecule has 0 aromatic rings. The smallest absolute Gasteiger partial charge is 0.160 e. The van der Waals surface area contributed by atoms with E-state index < -0.39 is 0 Å². The Morgan fingerprint density at radius 1 is 0.879 bits per heavy atom. The molecule has 4 fully saturated rings. The van der Waals surface area contributed by atoms with Crippen molar-refractivity contribution in [3.63, 3.8) is 0 Å². The summed E-state index contributed by atoms with van der Waals surface area (Å²) < 4.78 is 0. The van der Waals surface area contributed by atoms with Crippen molar-refractivity contribution in [2.45, 2.75) is 112 Å². The maximum atomic E-state index is 13.2. The fourth-order valence-electron chi connectivity index (χ4n) is 10.9. The van der Waals surface area contributed by atoms with Crippen LogP contribution in [0.1, 0.15) is 106 Å². The Morgan fingerprint density at radius 3 is 2.21 bits per heavy atom. The van der Waals surface area contributed by atoms with Crippen LogP contribution in [0.15, 0.2) is 11.1 Å². The standard InChI is InChI=1S/C30H48O3/c1-18(2)24-20(32)16-30(17-31)15-14-28(6)19(25(24)30)8-9-22-27(5)12-11-23(33)26(3,4)21(27)10-13-29(22,28)7/h18-19,21-23,31,33H,8-17H2,1-7H3/t19?,21-,22+,23-,27?,28+,29+,30-/m0/s1. The van der Waals surface area contributed by atoms with Crippen LogP contribution in [0.2, 0.25) is 0 Å². The van der Waals surface area contributed by atoms with Crippen LogP contribution in [-0.2, 0) is 4.79 Å². The van der Waals surface area contributed by atoms with Gasteiger partial charge in [-0.1, -0.05) is 54.0 Å². The number of ketones is 1. The molecule has 186 valence electrons. The Balaban J connectivity index is 1.60. The highest BCUT2D eigenvalue weighted by Crippen LogP contribution is 2.76. The molecule has 0 aromatic carbocycles. The van der Waals surface area contributed by atoms with Crippen LogP contribution in [0.3, 0.4) is 0 Å². The molecule has 5 aliphatic carbocycles. The van der Waals surface area contributed by atoms with Crippen LogP contribution < -0.4 is 0 Å². The monoisotopic (exact) mass is 456 g/mol. The van der Waals surface area contributed by atoms with Gasteiger partial charge in [-0.05, 0) is 102 Å². The molecule has 0 aromatic heterocycles. The number of carbonyl (C=O) groups is 1. The van der Waals surface area contributed by atoms with E-state index in [1.54, 1.807) is 0 Å². The average molecular weight is 457 g/mol. The lowest BCUT2D eigenvalue weighted by Gasteiger charge is -2.72. The SMILES string of the molecule is CC(C)C1=C2C3CC[C@@H]4C5(C)CC[C@H](O)C(C)(C)[C@@H]5CC[C@@]4(C)[C@]3(C)CC[C@@]2(CO)CC1=O. The molecule has 0 heterocycles. The quantitative estimate of drug-likeness (QED) is 0.511. The van der Waals surface area contributed by atoms with E-state index in [-0.39, 0.29) is 45.7 Å². The van der Waals surface area contributed by atoms with E-state index in [1.807, 2.05) is 0 Å². The van der Waals surface area contributed by atoms with Gasteiger partial charge in [0.1, 0.15) is 0 Å². The summed E-state index contributed by atoms with van der Waals surface area (Å²) in [6.45, 7) is 16.8. The van der Waals surface area contributed by atoms with Gasteiger partial charge in [-0.25, -0.2) is 0 Å². The number of hydrogen-bond donors (Lipinski definition) is 2. The molecular weight excluding hydrogens is 408 g/mol. The number of allylic oxidation sites excluding steroid dienone is 1. The third-order valence-corrected chi connectivity index (χ3v) is 12.9. The second-order valence-corrected chi connectivity index (χ2v) is 14.5. The third-order valence-electron chi connectivity index (χ3n) is 12.9. The van der Waals surface area contributed by atoms with E-state index >= 15 is 0 Å². The Hall–Kier alpha value is -0.670. The second kappa shape index (κ2) is 7.19. The van der Waals surface area contributed by atoms with E-state index in [4.69, 9.17) is 0 Å². The molecule has 5 rings (SSSR count). The highest BCUT2D eigenvalue weighted by atomic mass is 16.3. The lowest BCUT2D eigenvalue weighted by molar-refractivity contribution is -0.229. The molecule has 2 unspecified atom stereocenters. The number of hydrogen-bond acceptors (Lipinski definition) is 3. The molecular formula is C30H48O3. The predicted molar refractivity (Wildman–Crippen MR) is 133 cm³/mol. The third kappa shape index (κ3) is 2.79. The minimum absolute atomic E-state index is 0.0180. The first-order valence-corrected chi connectivity index (χ1v) is 13.9. The first-order valence-electron chi connectivity index (χ1n) is 13.9. The van der Waals surface area contributed by atoms with Crippen LogP contribution in [-0.4, -0.2) is 28.7 Å². The van der Waals surface area contributed by atoms with Gasteiger partial charge in [0.25, 0.3) is 0 Å². The molecule has 0 bridgehead atoms. The molecule has 3 nitrogen and oxygen atoms in total. The number of aliphatic hydroxyl groups is 2. The number of fused-ring (bicyclic) bond motifs is 7. The Bertz CT molecular complexity index is 885. The molecule has 33 heavy (non-hydrogen) atoms.